The van der Waals surface area contributed by atoms with Crippen molar-refractivity contribution < 1.29 is 27.0 Å². The topological polar surface area (TPSA) is 125 Å². The Bertz CT molecular complexity index is 1530. The summed E-state index contributed by atoms with van der Waals surface area (Å²) in [5.74, 6) is -0.237. The van der Waals surface area contributed by atoms with Gasteiger partial charge in [0, 0.05) is 38.3 Å². The number of aromatic nitrogens is 3. The van der Waals surface area contributed by atoms with E-state index >= 15 is 0 Å². The van der Waals surface area contributed by atoms with E-state index < -0.39 is 15.8 Å². The van der Waals surface area contributed by atoms with Crippen molar-refractivity contribution >= 4 is 33.3 Å². The fourth-order valence-electron chi connectivity index (χ4n) is 3.37. The highest BCUT2D eigenvalue weighted by Gasteiger charge is 2.19. The third kappa shape index (κ3) is 7.60. The lowest BCUT2D eigenvalue weighted by Gasteiger charge is -2.13. The molecule has 0 saturated heterocycles. The van der Waals surface area contributed by atoms with Crippen molar-refractivity contribution in [2.45, 2.75) is 4.90 Å². The van der Waals surface area contributed by atoms with Gasteiger partial charge in [0.2, 0.25) is 5.95 Å². The predicted octanol–water partition coefficient (Wildman–Crippen LogP) is 5.00. The number of nitrogens with zero attached hydrogens (tertiary/aromatic N) is 3. The Hall–Kier alpha value is -3.84. The minimum Gasteiger partial charge on any atom is -0.453 e. The molecule has 0 atom stereocenters. The molecule has 2 N–H and O–H groups in total. The number of ether oxygens (including phenoxy) is 3. The van der Waals surface area contributed by atoms with Gasteiger partial charge in [-0.25, -0.2) is 22.8 Å². The van der Waals surface area contributed by atoms with E-state index in [1.54, 1.807) is 43.8 Å². The van der Waals surface area contributed by atoms with Crippen LogP contribution >= 0.6 is 11.6 Å². The van der Waals surface area contributed by atoms with Gasteiger partial charge in [-0.05, 0) is 36.4 Å². The standard InChI is InChI=1S/C26H25ClFN5O5S/c1-36-14-15-37-13-12-31-26-30-11-8-22(32-26)19-17-29-10-9-23(19)38-24-7-6-18(16-21(24)28)33-39(34,35)25-5-3-2-4-20(25)27/h2-11,16-17,33H,12-15H2,1H3,(H,30,31,32). The normalized spacial score (nSPS) is 11.3. The summed E-state index contributed by atoms with van der Waals surface area (Å²) < 4.78 is 58.9. The molecule has 2 aromatic heterocycles. The first kappa shape index (κ1) is 28.2. The van der Waals surface area contributed by atoms with Gasteiger partial charge in [-0.15, -0.1) is 0 Å². The molecule has 0 saturated carbocycles. The van der Waals surface area contributed by atoms with E-state index in [1.165, 1.54) is 30.5 Å². The van der Waals surface area contributed by atoms with Crippen molar-refractivity contribution in [2.24, 2.45) is 0 Å². The molecule has 0 unspecified atom stereocenters. The first-order valence-corrected chi connectivity index (χ1v) is 13.6. The summed E-state index contributed by atoms with van der Waals surface area (Å²) in [6.45, 7) is 1.93. The second kappa shape index (κ2) is 13.3. The van der Waals surface area contributed by atoms with Gasteiger partial charge in [0.15, 0.2) is 11.6 Å². The van der Waals surface area contributed by atoms with Crippen LogP contribution in [0.4, 0.5) is 16.0 Å². The number of benzene rings is 2. The number of pyridine rings is 1. The number of hydrogen-bond acceptors (Lipinski definition) is 9. The van der Waals surface area contributed by atoms with Crippen LogP contribution in [0, 0.1) is 5.82 Å². The van der Waals surface area contributed by atoms with E-state index in [0.29, 0.717) is 49.3 Å². The van der Waals surface area contributed by atoms with Crippen LogP contribution in [0.25, 0.3) is 11.3 Å². The second-order valence-electron chi connectivity index (χ2n) is 7.95. The Morgan fingerprint density at radius 3 is 2.64 bits per heavy atom. The summed E-state index contributed by atoms with van der Waals surface area (Å²) in [5.41, 5.74) is 1.01. The molecule has 0 aliphatic heterocycles. The van der Waals surface area contributed by atoms with Crippen LogP contribution in [0.2, 0.25) is 5.02 Å². The average Bonchev–Trinajstić information content (AvgIpc) is 2.92. The van der Waals surface area contributed by atoms with Gasteiger partial charge < -0.3 is 19.5 Å². The van der Waals surface area contributed by atoms with E-state index in [1.807, 2.05) is 0 Å². The van der Waals surface area contributed by atoms with Crippen molar-refractivity contribution in [1.82, 2.24) is 15.0 Å². The minimum atomic E-state index is -4.02. The van der Waals surface area contributed by atoms with E-state index in [9.17, 15) is 12.8 Å². The Labute approximate surface area is 230 Å². The molecular weight excluding hydrogens is 549 g/mol. The summed E-state index contributed by atoms with van der Waals surface area (Å²) in [7, 11) is -2.42. The zero-order valence-corrected chi connectivity index (χ0v) is 22.4. The summed E-state index contributed by atoms with van der Waals surface area (Å²) in [6.07, 6.45) is 4.62. The third-order valence-corrected chi connectivity index (χ3v) is 7.09. The van der Waals surface area contributed by atoms with E-state index in [0.717, 1.165) is 6.07 Å². The Morgan fingerprint density at radius 1 is 1.00 bits per heavy atom. The van der Waals surface area contributed by atoms with Crippen molar-refractivity contribution in [3.63, 3.8) is 0 Å². The largest absolute Gasteiger partial charge is 0.453 e. The highest BCUT2D eigenvalue weighted by atomic mass is 35.5. The molecule has 0 aliphatic carbocycles. The number of sulfonamides is 1. The zero-order valence-electron chi connectivity index (χ0n) is 20.8. The summed E-state index contributed by atoms with van der Waals surface area (Å²) in [5, 5.41) is 3.13. The van der Waals surface area contributed by atoms with Crippen molar-refractivity contribution in [1.29, 1.82) is 0 Å². The number of rotatable bonds is 13. The molecule has 0 aliphatic rings. The molecule has 204 valence electrons. The summed E-state index contributed by atoms with van der Waals surface area (Å²) in [6, 6.07) is 12.9. The van der Waals surface area contributed by atoms with Crippen molar-refractivity contribution in [3.8, 4) is 22.8 Å². The van der Waals surface area contributed by atoms with Crippen LogP contribution in [0.3, 0.4) is 0 Å². The maximum absolute atomic E-state index is 15.0. The lowest BCUT2D eigenvalue weighted by Crippen LogP contribution is -2.13. The monoisotopic (exact) mass is 573 g/mol. The molecule has 4 rings (SSSR count). The smallest absolute Gasteiger partial charge is 0.263 e. The van der Waals surface area contributed by atoms with Crippen molar-refractivity contribution in [2.75, 3.05) is 43.5 Å². The van der Waals surface area contributed by atoms with E-state index in [-0.39, 0.29) is 21.4 Å². The van der Waals surface area contributed by atoms with Gasteiger partial charge >= 0.3 is 0 Å². The van der Waals surface area contributed by atoms with Gasteiger partial charge in [0.1, 0.15) is 10.6 Å². The number of methoxy groups -OCH3 is 1. The van der Waals surface area contributed by atoms with Gasteiger partial charge in [-0.2, -0.15) is 0 Å². The molecule has 39 heavy (non-hydrogen) atoms. The molecular formula is C26H25ClFN5O5S. The zero-order chi connectivity index (χ0) is 27.7. The fraction of sp³-hybridized carbons (Fsp3) is 0.192. The summed E-state index contributed by atoms with van der Waals surface area (Å²) in [4.78, 5) is 12.7. The SMILES string of the molecule is COCCOCCNc1nccc(-c2cnccc2Oc2ccc(NS(=O)(=O)c3ccccc3Cl)cc2F)n1. The Kier molecular flexibility index (Phi) is 9.60. The second-order valence-corrected chi connectivity index (χ2v) is 10.0. The highest BCUT2D eigenvalue weighted by Crippen LogP contribution is 2.34. The van der Waals surface area contributed by atoms with Crippen LogP contribution in [0.1, 0.15) is 0 Å². The molecule has 0 fully saturated rings. The number of anilines is 2. The van der Waals surface area contributed by atoms with E-state index in [2.05, 4.69) is 25.0 Å². The molecule has 0 bridgehead atoms. The van der Waals surface area contributed by atoms with E-state index in [4.69, 9.17) is 25.8 Å². The molecule has 0 amide bonds. The number of halogens is 2. The number of hydrogen-bond donors (Lipinski definition) is 2. The molecule has 2 heterocycles. The molecule has 0 radical (unpaired) electrons. The lowest BCUT2D eigenvalue weighted by atomic mass is 10.2. The summed E-state index contributed by atoms with van der Waals surface area (Å²) >= 11 is 6.00. The van der Waals surface area contributed by atoms with Crippen LogP contribution in [0.15, 0.2) is 78.1 Å². The first-order chi connectivity index (χ1) is 18.9. The average molecular weight is 574 g/mol. The molecule has 10 nitrogen and oxygen atoms in total. The first-order valence-electron chi connectivity index (χ1n) is 11.7. The van der Waals surface area contributed by atoms with Gasteiger partial charge in [0.05, 0.1) is 41.8 Å². The van der Waals surface area contributed by atoms with Crippen molar-refractivity contribution in [3.05, 3.63) is 84.0 Å². The van der Waals surface area contributed by atoms with Crippen LogP contribution in [0.5, 0.6) is 11.5 Å². The fourth-order valence-corrected chi connectivity index (χ4v) is 4.94. The van der Waals surface area contributed by atoms with Crippen LogP contribution in [-0.4, -0.2) is 56.8 Å². The third-order valence-electron chi connectivity index (χ3n) is 5.20. The maximum atomic E-state index is 15.0. The molecule has 0 spiro atoms. The van der Waals surface area contributed by atoms with Crippen LogP contribution < -0.4 is 14.8 Å². The quantitative estimate of drug-likeness (QED) is 0.213. The van der Waals surface area contributed by atoms with Gasteiger partial charge in [-0.1, -0.05) is 23.7 Å². The minimum absolute atomic E-state index is 0.00689. The van der Waals surface area contributed by atoms with Crippen LogP contribution in [-0.2, 0) is 19.5 Å². The Balaban J connectivity index is 1.47. The molecule has 2 aromatic carbocycles. The van der Waals surface area contributed by atoms with Gasteiger partial charge in [0.25, 0.3) is 10.0 Å². The predicted molar refractivity (Wildman–Crippen MR) is 145 cm³/mol. The number of nitrogens with one attached hydrogen (secondary N) is 2. The molecule has 4 aromatic rings. The molecule has 13 heteroatoms. The highest BCUT2D eigenvalue weighted by molar-refractivity contribution is 7.92. The Morgan fingerprint density at radius 2 is 1.85 bits per heavy atom. The van der Waals surface area contributed by atoms with Gasteiger partial charge in [-0.3, -0.25) is 9.71 Å². The maximum Gasteiger partial charge on any atom is 0.263 e. The lowest BCUT2D eigenvalue weighted by molar-refractivity contribution is 0.0759.